The predicted octanol–water partition coefficient (Wildman–Crippen LogP) is 1.30. The number of aromatic nitrogens is 1. The zero-order chi connectivity index (χ0) is 13.6. The Morgan fingerprint density at radius 2 is 2.10 bits per heavy atom. The Labute approximate surface area is 120 Å². The van der Waals surface area contributed by atoms with E-state index in [9.17, 15) is 0 Å². The summed E-state index contributed by atoms with van der Waals surface area (Å²) in [5, 5.41) is 3.33. The summed E-state index contributed by atoms with van der Waals surface area (Å²) in [5.41, 5.74) is 0. The van der Waals surface area contributed by atoms with Crippen molar-refractivity contribution in [3.8, 4) is 11.6 Å². The van der Waals surface area contributed by atoms with E-state index in [-0.39, 0.29) is 0 Å². The zero-order valence-electron chi connectivity index (χ0n) is 11.9. The van der Waals surface area contributed by atoms with Gasteiger partial charge in [-0.05, 0) is 51.5 Å². The second-order valence-corrected chi connectivity index (χ2v) is 5.44. The van der Waals surface area contributed by atoms with Crippen molar-refractivity contribution in [2.45, 2.75) is 25.4 Å². The quantitative estimate of drug-likeness (QED) is 0.849. The maximum atomic E-state index is 5.91. The largest absolute Gasteiger partial charge is 0.489 e. The van der Waals surface area contributed by atoms with E-state index in [0.29, 0.717) is 18.6 Å². The van der Waals surface area contributed by atoms with Crippen LogP contribution >= 0.6 is 0 Å². The van der Waals surface area contributed by atoms with Crippen LogP contribution in [0.15, 0.2) is 18.3 Å². The minimum absolute atomic E-state index is 0.316. The lowest BCUT2D eigenvalue weighted by Gasteiger charge is -2.30. The summed E-state index contributed by atoms with van der Waals surface area (Å²) in [6, 6.07) is 3.85. The maximum absolute atomic E-state index is 5.91. The van der Waals surface area contributed by atoms with Crippen LogP contribution in [-0.4, -0.2) is 55.3 Å². The Morgan fingerprint density at radius 3 is 2.75 bits per heavy atom. The number of nitrogens with zero attached hydrogens (tertiary/aromatic N) is 2. The van der Waals surface area contributed by atoms with Crippen molar-refractivity contribution >= 4 is 0 Å². The van der Waals surface area contributed by atoms with Gasteiger partial charge in [0.25, 0.3) is 0 Å². The van der Waals surface area contributed by atoms with Gasteiger partial charge in [0.05, 0.1) is 6.20 Å². The first-order valence-corrected chi connectivity index (χ1v) is 7.59. The molecule has 110 valence electrons. The normalized spacial score (nSPS) is 20.4. The summed E-state index contributed by atoms with van der Waals surface area (Å²) < 4.78 is 11.6. The highest BCUT2D eigenvalue weighted by Crippen LogP contribution is 2.18. The molecule has 2 saturated heterocycles. The molecule has 5 heteroatoms. The Bertz CT molecular complexity index is 400. The lowest BCUT2D eigenvalue weighted by atomic mass is 10.1. The Morgan fingerprint density at radius 1 is 1.25 bits per heavy atom. The molecule has 20 heavy (non-hydrogen) atoms. The molecule has 0 bridgehead atoms. The van der Waals surface area contributed by atoms with E-state index in [4.69, 9.17) is 9.47 Å². The van der Waals surface area contributed by atoms with Gasteiger partial charge in [-0.2, -0.15) is 0 Å². The molecule has 5 nitrogen and oxygen atoms in total. The molecule has 0 radical (unpaired) electrons. The standard InChI is InChI=1S/C15H23N3O2/c1-8-18(9-1)10-11-19-15-3-2-14(12-17-15)20-13-4-6-16-7-5-13/h2-3,12-13,16H,1,4-11H2. The number of likely N-dealkylation sites (tertiary alicyclic amines) is 1. The molecule has 0 spiro atoms. The van der Waals surface area contributed by atoms with Gasteiger partial charge in [0.1, 0.15) is 18.5 Å². The second kappa shape index (κ2) is 6.90. The van der Waals surface area contributed by atoms with Crippen LogP contribution in [0.4, 0.5) is 0 Å². The van der Waals surface area contributed by atoms with Gasteiger partial charge < -0.3 is 14.8 Å². The fourth-order valence-electron chi connectivity index (χ4n) is 2.51. The summed E-state index contributed by atoms with van der Waals surface area (Å²) in [4.78, 5) is 6.69. The van der Waals surface area contributed by atoms with Gasteiger partial charge in [-0.15, -0.1) is 0 Å². The molecule has 3 rings (SSSR count). The SMILES string of the molecule is c1cc(OCCN2CCC2)ncc1OC1CCNCC1. The van der Waals surface area contributed by atoms with Crippen molar-refractivity contribution < 1.29 is 9.47 Å². The third-order valence-corrected chi connectivity index (χ3v) is 3.90. The number of nitrogens with one attached hydrogen (secondary N) is 1. The van der Waals surface area contributed by atoms with Gasteiger partial charge in [0.2, 0.25) is 5.88 Å². The second-order valence-electron chi connectivity index (χ2n) is 5.44. The van der Waals surface area contributed by atoms with Crippen molar-refractivity contribution in [2.24, 2.45) is 0 Å². The van der Waals surface area contributed by atoms with Gasteiger partial charge in [-0.25, -0.2) is 4.98 Å². The third-order valence-electron chi connectivity index (χ3n) is 3.90. The third kappa shape index (κ3) is 3.84. The molecular weight excluding hydrogens is 254 g/mol. The number of pyridine rings is 1. The zero-order valence-corrected chi connectivity index (χ0v) is 11.9. The number of hydrogen-bond acceptors (Lipinski definition) is 5. The summed E-state index contributed by atoms with van der Waals surface area (Å²) in [7, 11) is 0. The lowest BCUT2D eigenvalue weighted by molar-refractivity contribution is 0.144. The fraction of sp³-hybridized carbons (Fsp3) is 0.667. The van der Waals surface area contributed by atoms with Crippen molar-refractivity contribution in [3.63, 3.8) is 0 Å². The van der Waals surface area contributed by atoms with Gasteiger partial charge in [0, 0.05) is 12.6 Å². The fourth-order valence-corrected chi connectivity index (χ4v) is 2.51. The topological polar surface area (TPSA) is 46.6 Å². The first kappa shape index (κ1) is 13.6. The van der Waals surface area contributed by atoms with E-state index in [1.807, 2.05) is 12.1 Å². The predicted molar refractivity (Wildman–Crippen MR) is 77.3 cm³/mol. The molecule has 1 aromatic rings. The smallest absolute Gasteiger partial charge is 0.213 e. The molecule has 0 aromatic carbocycles. The van der Waals surface area contributed by atoms with Gasteiger partial charge in [-0.1, -0.05) is 0 Å². The van der Waals surface area contributed by atoms with E-state index < -0.39 is 0 Å². The summed E-state index contributed by atoms with van der Waals surface area (Å²) in [6.45, 7) is 6.20. The molecular formula is C15H23N3O2. The molecule has 2 aliphatic heterocycles. The van der Waals surface area contributed by atoms with Crippen LogP contribution in [0.1, 0.15) is 19.3 Å². The van der Waals surface area contributed by atoms with Crippen LogP contribution in [0.25, 0.3) is 0 Å². The van der Waals surface area contributed by atoms with Crippen LogP contribution in [0, 0.1) is 0 Å². The molecule has 0 saturated carbocycles. The molecule has 1 aromatic heterocycles. The van der Waals surface area contributed by atoms with Gasteiger partial charge in [-0.3, -0.25) is 4.90 Å². The van der Waals surface area contributed by atoms with Gasteiger partial charge >= 0.3 is 0 Å². The van der Waals surface area contributed by atoms with E-state index in [1.165, 1.54) is 19.5 Å². The molecule has 0 unspecified atom stereocenters. The van der Waals surface area contributed by atoms with Crippen molar-refractivity contribution in [1.82, 2.24) is 15.2 Å². The van der Waals surface area contributed by atoms with E-state index in [1.54, 1.807) is 6.20 Å². The highest BCUT2D eigenvalue weighted by Gasteiger charge is 2.15. The molecule has 1 N–H and O–H groups in total. The van der Waals surface area contributed by atoms with Gasteiger partial charge in [0.15, 0.2) is 0 Å². The lowest BCUT2D eigenvalue weighted by Crippen LogP contribution is -2.39. The van der Waals surface area contributed by atoms with E-state index in [2.05, 4.69) is 15.2 Å². The van der Waals surface area contributed by atoms with Crippen LogP contribution < -0.4 is 14.8 Å². The highest BCUT2D eigenvalue weighted by atomic mass is 16.5. The average Bonchev–Trinajstić information content (AvgIpc) is 2.44. The average molecular weight is 277 g/mol. The monoisotopic (exact) mass is 277 g/mol. The summed E-state index contributed by atoms with van der Waals surface area (Å²) in [6.07, 6.45) is 5.53. The first-order valence-electron chi connectivity index (χ1n) is 7.59. The number of hydrogen-bond donors (Lipinski definition) is 1. The molecule has 0 atom stereocenters. The minimum atomic E-state index is 0.316. The molecule has 2 fully saturated rings. The number of ether oxygens (including phenoxy) is 2. The first-order chi connectivity index (χ1) is 9.90. The maximum Gasteiger partial charge on any atom is 0.213 e. The molecule has 0 aliphatic carbocycles. The van der Waals surface area contributed by atoms with Crippen LogP contribution in [0.3, 0.4) is 0 Å². The number of rotatable bonds is 6. The molecule has 2 aliphatic rings. The molecule has 3 heterocycles. The minimum Gasteiger partial charge on any atom is -0.489 e. The van der Waals surface area contributed by atoms with Crippen LogP contribution in [-0.2, 0) is 0 Å². The molecule has 0 amide bonds. The number of piperidine rings is 1. The Balaban J connectivity index is 1.41. The Kier molecular flexibility index (Phi) is 4.71. The summed E-state index contributed by atoms with van der Waals surface area (Å²) in [5.74, 6) is 1.52. The van der Waals surface area contributed by atoms with E-state index in [0.717, 1.165) is 38.2 Å². The van der Waals surface area contributed by atoms with Crippen molar-refractivity contribution in [1.29, 1.82) is 0 Å². The van der Waals surface area contributed by atoms with Crippen molar-refractivity contribution in [2.75, 3.05) is 39.3 Å². The van der Waals surface area contributed by atoms with Crippen LogP contribution in [0.2, 0.25) is 0 Å². The van der Waals surface area contributed by atoms with E-state index >= 15 is 0 Å². The van der Waals surface area contributed by atoms with Crippen molar-refractivity contribution in [3.05, 3.63) is 18.3 Å². The highest BCUT2D eigenvalue weighted by molar-refractivity contribution is 5.23. The van der Waals surface area contributed by atoms with Crippen LogP contribution in [0.5, 0.6) is 11.6 Å². The summed E-state index contributed by atoms with van der Waals surface area (Å²) >= 11 is 0. The Hall–Kier alpha value is -1.33.